The maximum atomic E-state index is 5.85. The van der Waals surface area contributed by atoms with Crippen LogP contribution in [0.3, 0.4) is 0 Å². The third-order valence-electron chi connectivity index (χ3n) is 2.75. The van der Waals surface area contributed by atoms with Crippen molar-refractivity contribution < 1.29 is 0 Å². The number of alkyl halides is 1. The lowest BCUT2D eigenvalue weighted by molar-refractivity contribution is 0.534. The molecule has 0 bridgehead atoms. The number of hydrogen-bond acceptors (Lipinski definition) is 1. The molecule has 1 aromatic rings. The molecule has 1 aliphatic rings. The fraction of sp³-hybridized carbons (Fsp3) is 0.500. The normalized spacial score (nSPS) is 22.0. The van der Waals surface area contributed by atoms with E-state index in [1.807, 2.05) is 11.8 Å². The van der Waals surface area contributed by atoms with Gasteiger partial charge in [-0.25, -0.2) is 0 Å². The van der Waals surface area contributed by atoms with Gasteiger partial charge < -0.3 is 0 Å². The summed E-state index contributed by atoms with van der Waals surface area (Å²) in [6, 6.07) is 8.76. The molecule has 0 nitrogen and oxygen atoms in total. The third-order valence-corrected chi connectivity index (χ3v) is 4.53. The van der Waals surface area contributed by atoms with Crippen molar-refractivity contribution >= 4 is 23.4 Å². The van der Waals surface area contributed by atoms with Crippen LogP contribution in [0.5, 0.6) is 0 Å². The van der Waals surface area contributed by atoms with Gasteiger partial charge in [0.15, 0.2) is 0 Å². The van der Waals surface area contributed by atoms with Crippen molar-refractivity contribution in [3.63, 3.8) is 0 Å². The van der Waals surface area contributed by atoms with E-state index in [2.05, 4.69) is 31.2 Å². The molecular formula is C12H15ClS. The van der Waals surface area contributed by atoms with Crippen molar-refractivity contribution in [2.24, 2.45) is 5.92 Å². The molecule has 2 atom stereocenters. The van der Waals surface area contributed by atoms with E-state index < -0.39 is 0 Å². The van der Waals surface area contributed by atoms with E-state index in [-0.39, 0.29) is 0 Å². The van der Waals surface area contributed by atoms with Crippen molar-refractivity contribution in [1.82, 2.24) is 0 Å². The molecule has 0 saturated carbocycles. The third kappa shape index (κ3) is 2.09. The summed E-state index contributed by atoms with van der Waals surface area (Å²) in [4.78, 5) is 1.47. The second-order valence-corrected chi connectivity index (χ2v) is 5.41. The Kier molecular flexibility index (Phi) is 3.40. The standard InChI is InChI=1S/C12H15ClS/c1-9(7-13)6-10-8-14-12-5-3-2-4-11(10)12/h2-5,9-10H,6-8H2,1H3. The topological polar surface area (TPSA) is 0 Å². The maximum Gasteiger partial charge on any atom is 0.0249 e. The van der Waals surface area contributed by atoms with Gasteiger partial charge in [-0.05, 0) is 29.9 Å². The molecule has 0 amide bonds. The lowest BCUT2D eigenvalue weighted by Crippen LogP contribution is -2.05. The number of thioether (sulfide) groups is 1. The van der Waals surface area contributed by atoms with Gasteiger partial charge in [0.05, 0.1) is 0 Å². The molecule has 76 valence electrons. The van der Waals surface area contributed by atoms with Crippen LogP contribution in [-0.4, -0.2) is 11.6 Å². The van der Waals surface area contributed by atoms with Crippen molar-refractivity contribution in [1.29, 1.82) is 0 Å². The molecule has 1 aromatic carbocycles. The lowest BCUT2D eigenvalue weighted by atomic mass is 9.92. The van der Waals surface area contributed by atoms with Crippen LogP contribution >= 0.6 is 23.4 Å². The number of halogens is 1. The van der Waals surface area contributed by atoms with Gasteiger partial charge in [-0.15, -0.1) is 23.4 Å². The largest absolute Gasteiger partial charge is 0.126 e. The first-order chi connectivity index (χ1) is 6.81. The molecule has 0 aliphatic carbocycles. The molecule has 0 radical (unpaired) electrons. The molecule has 2 rings (SSSR count). The highest BCUT2D eigenvalue weighted by atomic mass is 35.5. The smallest absolute Gasteiger partial charge is 0.0249 e. The minimum atomic E-state index is 0.633. The van der Waals surface area contributed by atoms with Gasteiger partial charge in [0.1, 0.15) is 0 Å². The van der Waals surface area contributed by atoms with E-state index >= 15 is 0 Å². The van der Waals surface area contributed by atoms with Crippen molar-refractivity contribution in [3.8, 4) is 0 Å². The molecule has 0 aromatic heterocycles. The second kappa shape index (κ2) is 4.59. The Morgan fingerprint density at radius 3 is 3.07 bits per heavy atom. The minimum absolute atomic E-state index is 0.633. The summed E-state index contributed by atoms with van der Waals surface area (Å²) in [7, 11) is 0. The average Bonchev–Trinajstić information content (AvgIpc) is 2.62. The van der Waals surface area contributed by atoms with Gasteiger partial charge in [-0.1, -0.05) is 25.1 Å². The first-order valence-corrected chi connectivity index (χ1v) is 6.61. The van der Waals surface area contributed by atoms with Crippen LogP contribution < -0.4 is 0 Å². The molecule has 0 saturated heterocycles. The molecule has 0 N–H and O–H groups in total. The fourth-order valence-electron chi connectivity index (χ4n) is 1.97. The first-order valence-electron chi connectivity index (χ1n) is 5.09. The Hall–Kier alpha value is -0.140. The highest BCUT2D eigenvalue weighted by molar-refractivity contribution is 7.99. The van der Waals surface area contributed by atoms with E-state index in [0.29, 0.717) is 5.92 Å². The van der Waals surface area contributed by atoms with Gasteiger partial charge in [0.25, 0.3) is 0 Å². The van der Waals surface area contributed by atoms with Crippen LogP contribution in [0.15, 0.2) is 29.2 Å². The van der Waals surface area contributed by atoms with Crippen LogP contribution in [0, 0.1) is 5.92 Å². The molecular weight excluding hydrogens is 212 g/mol. The van der Waals surface area contributed by atoms with E-state index in [4.69, 9.17) is 11.6 Å². The number of hydrogen-bond donors (Lipinski definition) is 0. The van der Waals surface area contributed by atoms with Crippen LogP contribution in [0.4, 0.5) is 0 Å². The molecule has 2 heteroatoms. The van der Waals surface area contributed by atoms with E-state index in [1.165, 1.54) is 22.6 Å². The zero-order valence-electron chi connectivity index (χ0n) is 8.37. The summed E-state index contributed by atoms with van der Waals surface area (Å²) in [5, 5.41) is 0. The van der Waals surface area contributed by atoms with E-state index in [1.54, 1.807) is 0 Å². The monoisotopic (exact) mass is 226 g/mol. The Morgan fingerprint density at radius 1 is 1.50 bits per heavy atom. The first kappa shape index (κ1) is 10.4. The van der Waals surface area contributed by atoms with Crippen molar-refractivity contribution in [2.45, 2.75) is 24.2 Å². The Labute approximate surface area is 95.0 Å². The number of benzene rings is 1. The highest BCUT2D eigenvalue weighted by Crippen LogP contribution is 2.42. The molecule has 1 aliphatic heterocycles. The van der Waals surface area contributed by atoms with Crippen LogP contribution in [0.1, 0.15) is 24.8 Å². The Balaban J connectivity index is 2.10. The van der Waals surface area contributed by atoms with Gasteiger partial charge in [-0.3, -0.25) is 0 Å². The summed E-state index contributed by atoms with van der Waals surface area (Å²) in [6.45, 7) is 2.23. The summed E-state index contributed by atoms with van der Waals surface area (Å²) >= 11 is 7.84. The zero-order valence-corrected chi connectivity index (χ0v) is 9.94. The molecule has 0 fully saturated rings. The molecule has 14 heavy (non-hydrogen) atoms. The Morgan fingerprint density at radius 2 is 2.29 bits per heavy atom. The van der Waals surface area contributed by atoms with Gasteiger partial charge >= 0.3 is 0 Å². The summed E-state index contributed by atoms with van der Waals surface area (Å²) in [6.07, 6.45) is 1.23. The van der Waals surface area contributed by atoms with Gasteiger partial charge in [-0.2, -0.15) is 0 Å². The fourth-order valence-corrected chi connectivity index (χ4v) is 3.37. The van der Waals surface area contributed by atoms with Crippen LogP contribution in [-0.2, 0) is 0 Å². The SMILES string of the molecule is CC(CCl)CC1CSc2ccccc21. The minimum Gasteiger partial charge on any atom is -0.126 e. The second-order valence-electron chi connectivity index (χ2n) is 4.04. The molecule has 0 spiro atoms. The summed E-state index contributed by atoms with van der Waals surface area (Å²) in [5.74, 6) is 3.38. The predicted octanol–water partition coefficient (Wildman–Crippen LogP) is 4.14. The average molecular weight is 227 g/mol. The number of rotatable bonds is 3. The van der Waals surface area contributed by atoms with Crippen molar-refractivity contribution in [3.05, 3.63) is 29.8 Å². The zero-order chi connectivity index (χ0) is 9.97. The molecule has 2 unspecified atom stereocenters. The highest BCUT2D eigenvalue weighted by Gasteiger charge is 2.23. The van der Waals surface area contributed by atoms with Gasteiger partial charge in [0, 0.05) is 16.5 Å². The lowest BCUT2D eigenvalue weighted by Gasteiger charge is -2.14. The molecule has 1 heterocycles. The van der Waals surface area contributed by atoms with Crippen LogP contribution in [0.2, 0.25) is 0 Å². The van der Waals surface area contributed by atoms with E-state index in [9.17, 15) is 0 Å². The summed E-state index contributed by atoms with van der Waals surface area (Å²) in [5.41, 5.74) is 1.54. The predicted molar refractivity (Wildman–Crippen MR) is 64.4 cm³/mol. The summed E-state index contributed by atoms with van der Waals surface area (Å²) < 4.78 is 0. The maximum absolute atomic E-state index is 5.85. The Bertz CT molecular complexity index is 311. The van der Waals surface area contributed by atoms with Crippen molar-refractivity contribution in [2.75, 3.05) is 11.6 Å². The quantitative estimate of drug-likeness (QED) is 0.699. The van der Waals surface area contributed by atoms with Gasteiger partial charge in [0.2, 0.25) is 0 Å². The number of fused-ring (bicyclic) bond motifs is 1. The van der Waals surface area contributed by atoms with Crippen LogP contribution in [0.25, 0.3) is 0 Å². The van der Waals surface area contributed by atoms with E-state index in [0.717, 1.165) is 11.8 Å².